The van der Waals surface area contributed by atoms with Crippen LogP contribution in [-0.4, -0.2) is 41.3 Å². The van der Waals surface area contributed by atoms with E-state index in [1.54, 1.807) is 0 Å². The smallest absolute Gasteiger partial charge is 0.234 e. The number of anilines is 1. The summed E-state index contributed by atoms with van der Waals surface area (Å²) in [7, 11) is 0. The van der Waals surface area contributed by atoms with Crippen molar-refractivity contribution < 1.29 is 9.59 Å². The molecule has 1 saturated heterocycles. The topological polar surface area (TPSA) is 49.4 Å². The van der Waals surface area contributed by atoms with E-state index in [1.807, 2.05) is 29.2 Å². The largest absolute Gasteiger partial charge is 0.342 e. The lowest BCUT2D eigenvalue weighted by molar-refractivity contribution is -0.129. The molecule has 1 aliphatic heterocycles. The van der Waals surface area contributed by atoms with Crippen molar-refractivity contribution in [1.29, 1.82) is 0 Å². The molecule has 0 aromatic heterocycles. The molecule has 1 fully saturated rings. The molecule has 1 heterocycles. The lowest BCUT2D eigenvalue weighted by Gasteiger charge is -2.30. The summed E-state index contributed by atoms with van der Waals surface area (Å²) in [5.74, 6) is 1.51. The van der Waals surface area contributed by atoms with E-state index >= 15 is 0 Å². The van der Waals surface area contributed by atoms with E-state index in [4.69, 9.17) is 0 Å². The maximum absolute atomic E-state index is 12.1. The van der Waals surface area contributed by atoms with Gasteiger partial charge in [-0.3, -0.25) is 9.59 Å². The van der Waals surface area contributed by atoms with Gasteiger partial charge in [-0.1, -0.05) is 26.0 Å². The zero-order chi connectivity index (χ0) is 16.7. The van der Waals surface area contributed by atoms with Gasteiger partial charge in [-0.25, -0.2) is 0 Å². The van der Waals surface area contributed by atoms with Crippen LogP contribution < -0.4 is 5.32 Å². The molecule has 23 heavy (non-hydrogen) atoms. The van der Waals surface area contributed by atoms with Gasteiger partial charge in [0.2, 0.25) is 11.8 Å². The molecule has 0 radical (unpaired) electrons. The molecular weight excluding hydrogens is 308 g/mol. The van der Waals surface area contributed by atoms with Gasteiger partial charge in [0.25, 0.3) is 0 Å². The summed E-state index contributed by atoms with van der Waals surface area (Å²) < 4.78 is 0. The molecule has 2 amide bonds. The highest BCUT2D eigenvalue weighted by molar-refractivity contribution is 8.00. The van der Waals surface area contributed by atoms with Crippen molar-refractivity contribution >= 4 is 29.3 Å². The average molecular weight is 334 g/mol. The van der Waals surface area contributed by atoms with Crippen molar-refractivity contribution in [2.24, 2.45) is 5.92 Å². The molecule has 0 saturated carbocycles. The number of rotatable bonds is 6. The Morgan fingerprint density at radius 1 is 1.17 bits per heavy atom. The van der Waals surface area contributed by atoms with Crippen LogP contribution in [0.4, 0.5) is 5.69 Å². The minimum atomic E-state index is -0.0562. The number of likely N-dealkylation sites (tertiary alicyclic amines) is 1. The second-order valence-corrected chi connectivity index (χ2v) is 7.14. The zero-order valence-electron chi connectivity index (χ0n) is 14.0. The average Bonchev–Trinajstić information content (AvgIpc) is 2.56. The van der Waals surface area contributed by atoms with Crippen LogP contribution >= 0.6 is 11.8 Å². The van der Waals surface area contributed by atoms with Crippen LogP contribution in [0.2, 0.25) is 0 Å². The molecule has 1 aromatic carbocycles. The monoisotopic (exact) mass is 334 g/mol. The molecular formula is C18H26N2O2S. The summed E-state index contributed by atoms with van der Waals surface area (Å²) in [4.78, 5) is 25.9. The molecule has 0 unspecified atom stereocenters. The highest BCUT2D eigenvalue weighted by atomic mass is 32.2. The number of benzene rings is 1. The maximum Gasteiger partial charge on any atom is 0.234 e. The first-order chi connectivity index (χ1) is 11.1. The Bertz CT molecular complexity index is 522. The van der Waals surface area contributed by atoms with Gasteiger partial charge in [0.05, 0.1) is 11.5 Å². The summed E-state index contributed by atoms with van der Waals surface area (Å²) in [6, 6.07) is 7.87. The van der Waals surface area contributed by atoms with Crippen molar-refractivity contribution in [3.8, 4) is 0 Å². The molecule has 0 bridgehead atoms. The van der Waals surface area contributed by atoms with Crippen LogP contribution in [0.5, 0.6) is 0 Å². The second-order valence-electron chi connectivity index (χ2n) is 6.15. The molecule has 0 atom stereocenters. The van der Waals surface area contributed by atoms with Crippen molar-refractivity contribution in [3.63, 3.8) is 0 Å². The molecule has 4 nitrogen and oxygen atoms in total. The van der Waals surface area contributed by atoms with E-state index in [2.05, 4.69) is 19.2 Å². The predicted molar refractivity (Wildman–Crippen MR) is 96.8 cm³/mol. The minimum absolute atomic E-state index is 0.0562. The third-order valence-electron chi connectivity index (χ3n) is 4.24. The summed E-state index contributed by atoms with van der Waals surface area (Å²) >= 11 is 1.39. The Hall–Kier alpha value is -1.49. The van der Waals surface area contributed by atoms with Gasteiger partial charge < -0.3 is 10.2 Å². The normalized spacial score (nSPS) is 15.5. The van der Waals surface area contributed by atoms with E-state index in [1.165, 1.54) is 17.3 Å². The van der Waals surface area contributed by atoms with Gasteiger partial charge in [0.15, 0.2) is 0 Å². The highest BCUT2D eigenvalue weighted by Gasteiger charge is 2.20. The number of hydrogen-bond donors (Lipinski definition) is 1. The molecule has 0 aliphatic carbocycles. The predicted octanol–water partition coefficient (Wildman–Crippen LogP) is 3.18. The van der Waals surface area contributed by atoms with Gasteiger partial charge in [-0.05, 0) is 42.9 Å². The number of nitrogens with one attached hydrogen (secondary N) is 1. The molecule has 1 aromatic rings. The summed E-state index contributed by atoms with van der Waals surface area (Å²) in [5.41, 5.74) is 2.06. The van der Waals surface area contributed by atoms with Crippen LogP contribution in [-0.2, 0) is 16.0 Å². The van der Waals surface area contributed by atoms with E-state index in [0.29, 0.717) is 11.5 Å². The number of piperidine rings is 1. The number of aryl methyl sites for hydroxylation is 1. The fourth-order valence-electron chi connectivity index (χ4n) is 2.60. The minimum Gasteiger partial charge on any atom is -0.342 e. The number of nitrogens with zero attached hydrogens (tertiary/aromatic N) is 1. The SMILES string of the molecule is CCc1ccc(NC(=O)CSCC(=O)N2CCC(C)CC2)cc1. The standard InChI is InChI=1S/C18H26N2O2S/c1-3-15-4-6-16(7-5-15)19-17(21)12-23-13-18(22)20-10-8-14(2)9-11-20/h4-7,14H,3,8-13H2,1-2H3,(H,19,21). The Labute approximate surface area is 143 Å². The number of carbonyl (C=O) groups is 2. The number of carbonyl (C=O) groups excluding carboxylic acids is 2. The lowest BCUT2D eigenvalue weighted by atomic mass is 9.99. The fourth-order valence-corrected chi connectivity index (χ4v) is 3.32. The van der Waals surface area contributed by atoms with E-state index in [9.17, 15) is 9.59 Å². The van der Waals surface area contributed by atoms with Gasteiger partial charge >= 0.3 is 0 Å². The molecule has 5 heteroatoms. The summed E-state index contributed by atoms with van der Waals surface area (Å²) in [5, 5.41) is 2.87. The quantitative estimate of drug-likeness (QED) is 0.869. The number of amides is 2. The maximum atomic E-state index is 12.1. The van der Waals surface area contributed by atoms with Gasteiger partial charge in [-0.15, -0.1) is 11.8 Å². The first-order valence-electron chi connectivity index (χ1n) is 8.32. The molecule has 2 rings (SSSR count). The molecule has 0 spiro atoms. The zero-order valence-corrected chi connectivity index (χ0v) is 14.8. The number of hydrogen-bond acceptors (Lipinski definition) is 3. The van der Waals surface area contributed by atoms with Gasteiger partial charge in [0.1, 0.15) is 0 Å². The van der Waals surface area contributed by atoms with Crippen molar-refractivity contribution in [2.75, 3.05) is 29.9 Å². The number of thioether (sulfide) groups is 1. The molecule has 1 N–H and O–H groups in total. The Morgan fingerprint density at radius 3 is 2.43 bits per heavy atom. The third-order valence-corrected chi connectivity index (χ3v) is 5.16. The second kappa shape index (κ2) is 8.96. The van der Waals surface area contributed by atoms with Gasteiger partial charge in [0, 0.05) is 18.8 Å². The fraction of sp³-hybridized carbons (Fsp3) is 0.556. The van der Waals surface area contributed by atoms with Crippen molar-refractivity contribution in [1.82, 2.24) is 4.90 Å². The van der Waals surface area contributed by atoms with Crippen molar-refractivity contribution in [3.05, 3.63) is 29.8 Å². The van der Waals surface area contributed by atoms with Crippen LogP contribution in [0.15, 0.2) is 24.3 Å². The lowest BCUT2D eigenvalue weighted by Crippen LogP contribution is -2.39. The van der Waals surface area contributed by atoms with Crippen LogP contribution in [0, 0.1) is 5.92 Å². The summed E-state index contributed by atoms with van der Waals surface area (Å²) in [6.45, 7) is 6.05. The third kappa shape index (κ3) is 5.90. The Morgan fingerprint density at radius 2 is 1.83 bits per heavy atom. The van der Waals surface area contributed by atoms with Crippen LogP contribution in [0.3, 0.4) is 0 Å². The Kier molecular flexibility index (Phi) is 6.96. The van der Waals surface area contributed by atoms with Crippen LogP contribution in [0.25, 0.3) is 0 Å². The van der Waals surface area contributed by atoms with E-state index < -0.39 is 0 Å². The van der Waals surface area contributed by atoms with Gasteiger partial charge in [-0.2, -0.15) is 0 Å². The van der Waals surface area contributed by atoms with E-state index in [0.717, 1.165) is 44.0 Å². The summed E-state index contributed by atoms with van der Waals surface area (Å²) in [6.07, 6.45) is 3.16. The first kappa shape index (κ1) is 17.9. The van der Waals surface area contributed by atoms with Crippen molar-refractivity contribution in [2.45, 2.75) is 33.1 Å². The Balaban J connectivity index is 1.66. The molecule has 126 valence electrons. The molecule has 1 aliphatic rings. The van der Waals surface area contributed by atoms with Crippen LogP contribution in [0.1, 0.15) is 32.3 Å². The highest BCUT2D eigenvalue weighted by Crippen LogP contribution is 2.17. The van der Waals surface area contributed by atoms with E-state index in [-0.39, 0.29) is 11.8 Å². The first-order valence-corrected chi connectivity index (χ1v) is 9.48.